The first-order valence-corrected chi connectivity index (χ1v) is 7.41. The fourth-order valence-corrected chi connectivity index (χ4v) is 2.78. The van der Waals surface area contributed by atoms with Gasteiger partial charge in [0.2, 0.25) is 0 Å². The molecule has 0 N–H and O–H groups in total. The van der Waals surface area contributed by atoms with E-state index in [9.17, 15) is 4.79 Å². The molecule has 1 amide bonds. The van der Waals surface area contributed by atoms with Gasteiger partial charge in [0.1, 0.15) is 5.60 Å². The molecule has 1 heterocycles. The number of ether oxygens (including phenoxy) is 1. The lowest BCUT2D eigenvalue weighted by molar-refractivity contribution is 0.0224. The Hall–Kier alpha value is -1.03. The number of hydrogen-bond acceptors (Lipinski definition) is 2. The number of nitrogens with zero attached hydrogens (tertiary/aromatic N) is 1. The minimum absolute atomic E-state index is 0.132. The van der Waals surface area contributed by atoms with Crippen LogP contribution in [0, 0.1) is 0 Å². The number of carbonyl (C=O) groups is 1. The van der Waals surface area contributed by atoms with Crippen molar-refractivity contribution < 1.29 is 9.53 Å². The monoisotopic (exact) mass is 325 g/mol. The van der Waals surface area contributed by atoms with Crippen molar-refractivity contribution in [1.29, 1.82) is 0 Å². The third kappa shape index (κ3) is 3.72. The van der Waals surface area contributed by atoms with E-state index in [1.54, 1.807) is 0 Å². The Kier molecular flexibility index (Phi) is 4.19. The van der Waals surface area contributed by atoms with Crippen LogP contribution < -0.4 is 0 Å². The molecule has 104 valence electrons. The first-order valence-electron chi connectivity index (χ1n) is 6.62. The Labute approximate surface area is 123 Å². The maximum Gasteiger partial charge on any atom is 0.410 e. The van der Waals surface area contributed by atoms with Crippen molar-refractivity contribution in [3.63, 3.8) is 0 Å². The standard InChI is InChI=1S/C15H20BrNO2/c1-15(2,3)19-14(18)17-9-5-8-13(17)11-6-4-7-12(16)10-11/h4,6-7,10,13H,5,8-9H2,1-3H3/t13-/m1/s1. The lowest BCUT2D eigenvalue weighted by Gasteiger charge is -2.28. The van der Waals surface area contributed by atoms with Gasteiger partial charge in [0.05, 0.1) is 6.04 Å². The van der Waals surface area contributed by atoms with E-state index in [4.69, 9.17) is 4.74 Å². The molecule has 2 rings (SSSR count). The molecule has 0 aromatic heterocycles. The molecule has 0 saturated carbocycles. The number of benzene rings is 1. The molecule has 0 unspecified atom stereocenters. The fraction of sp³-hybridized carbons (Fsp3) is 0.533. The summed E-state index contributed by atoms with van der Waals surface area (Å²) in [5, 5.41) is 0. The minimum atomic E-state index is -0.443. The third-order valence-corrected chi connectivity index (χ3v) is 3.61. The highest BCUT2D eigenvalue weighted by atomic mass is 79.9. The average Bonchev–Trinajstić information content (AvgIpc) is 2.75. The van der Waals surface area contributed by atoms with Crippen LogP contribution in [0.4, 0.5) is 4.79 Å². The fourth-order valence-electron chi connectivity index (χ4n) is 2.37. The second-order valence-electron chi connectivity index (χ2n) is 5.89. The molecule has 1 atom stereocenters. The zero-order valence-corrected chi connectivity index (χ0v) is 13.2. The van der Waals surface area contributed by atoms with Gasteiger partial charge in [0, 0.05) is 11.0 Å². The number of halogens is 1. The summed E-state index contributed by atoms with van der Waals surface area (Å²) in [5.74, 6) is 0. The van der Waals surface area contributed by atoms with Crippen molar-refractivity contribution in [3.8, 4) is 0 Å². The van der Waals surface area contributed by atoms with Gasteiger partial charge in [-0.25, -0.2) is 4.79 Å². The Morgan fingerprint density at radius 2 is 2.16 bits per heavy atom. The van der Waals surface area contributed by atoms with Crippen molar-refractivity contribution in [3.05, 3.63) is 34.3 Å². The smallest absolute Gasteiger partial charge is 0.410 e. The SMILES string of the molecule is CC(C)(C)OC(=O)N1CCC[C@@H]1c1cccc(Br)c1. The molecular weight excluding hydrogens is 306 g/mol. The third-order valence-electron chi connectivity index (χ3n) is 3.11. The number of rotatable bonds is 1. The van der Waals surface area contributed by atoms with Crippen LogP contribution in [-0.2, 0) is 4.74 Å². The van der Waals surface area contributed by atoms with Gasteiger partial charge in [-0.15, -0.1) is 0 Å². The Morgan fingerprint density at radius 3 is 2.79 bits per heavy atom. The van der Waals surface area contributed by atoms with Crippen LogP contribution in [0.2, 0.25) is 0 Å². The van der Waals surface area contributed by atoms with Crippen molar-refractivity contribution in [2.75, 3.05) is 6.54 Å². The quantitative estimate of drug-likeness (QED) is 0.759. The molecule has 1 aliphatic rings. The molecule has 1 saturated heterocycles. The second-order valence-corrected chi connectivity index (χ2v) is 6.80. The van der Waals surface area contributed by atoms with Gasteiger partial charge in [-0.1, -0.05) is 28.1 Å². The first kappa shape index (κ1) is 14.4. The molecule has 0 aliphatic carbocycles. The van der Waals surface area contributed by atoms with Crippen molar-refractivity contribution in [2.24, 2.45) is 0 Å². The van der Waals surface area contributed by atoms with Crippen molar-refractivity contribution in [2.45, 2.75) is 45.3 Å². The molecule has 4 heteroatoms. The van der Waals surface area contributed by atoms with E-state index in [1.165, 1.54) is 0 Å². The summed E-state index contributed by atoms with van der Waals surface area (Å²) in [7, 11) is 0. The Balaban J connectivity index is 2.15. The van der Waals surface area contributed by atoms with Crippen LogP contribution in [0.1, 0.15) is 45.2 Å². The summed E-state index contributed by atoms with van der Waals surface area (Å²) >= 11 is 3.48. The molecule has 0 radical (unpaired) electrons. The predicted molar refractivity (Wildman–Crippen MR) is 79.1 cm³/mol. The topological polar surface area (TPSA) is 29.5 Å². The van der Waals surface area contributed by atoms with Gasteiger partial charge in [0.25, 0.3) is 0 Å². The average molecular weight is 326 g/mol. The van der Waals surface area contributed by atoms with Crippen LogP contribution >= 0.6 is 15.9 Å². The maximum atomic E-state index is 12.2. The van der Waals surface area contributed by atoms with E-state index >= 15 is 0 Å². The number of carbonyl (C=O) groups excluding carboxylic acids is 1. The summed E-state index contributed by atoms with van der Waals surface area (Å²) < 4.78 is 6.52. The first-order chi connectivity index (χ1) is 8.87. The largest absolute Gasteiger partial charge is 0.444 e. The molecule has 0 bridgehead atoms. The summed E-state index contributed by atoms with van der Waals surface area (Å²) in [6.07, 6.45) is 1.81. The van der Waals surface area contributed by atoms with Gasteiger partial charge in [0.15, 0.2) is 0 Å². The normalized spacial score (nSPS) is 19.6. The van der Waals surface area contributed by atoms with E-state index in [2.05, 4.69) is 28.1 Å². The van der Waals surface area contributed by atoms with Gasteiger partial charge >= 0.3 is 6.09 Å². The summed E-state index contributed by atoms with van der Waals surface area (Å²) in [4.78, 5) is 14.1. The molecule has 1 fully saturated rings. The summed E-state index contributed by atoms with van der Waals surface area (Å²) in [5.41, 5.74) is 0.722. The van der Waals surface area contributed by atoms with E-state index < -0.39 is 5.60 Å². The molecular formula is C15H20BrNO2. The molecule has 1 aromatic carbocycles. The van der Waals surface area contributed by atoms with E-state index in [-0.39, 0.29) is 12.1 Å². The lowest BCUT2D eigenvalue weighted by Crippen LogP contribution is -2.36. The zero-order chi connectivity index (χ0) is 14.0. The van der Waals surface area contributed by atoms with Crippen LogP contribution in [0.15, 0.2) is 28.7 Å². The second kappa shape index (κ2) is 5.53. The van der Waals surface area contributed by atoms with E-state index in [0.717, 1.165) is 29.4 Å². The lowest BCUT2D eigenvalue weighted by atomic mass is 10.1. The van der Waals surface area contributed by atoms with Crippen LogP contribution in [-0.4, -0.2) is 23.1 Å². The molecule has 3 nitrogen and oxygen atoms in total. The molecule has 1 aromatic rings. The van der Waals surface area contributed by atoms with Crippen molar-refractivity contribution >= 4 is 22.0 Å². The summed E-state index contributed by atoms with van der Waals surface area (Å²) in [6.45, 7) is 6.46. The van der Waals surface area contributed by atoms with Crippen LogP contribution in [0.5, 0.6) is 0 Å². The molecule has 1 aliphatic heterocycles. The van der Waals surface area contributed by atoms with Crippen LogP contribution in [0.3, 0.4) is 0 Å². The molecule has 0 spiro atoms. The highest BCUT2D eigenvalue weighted by molar-refractivity contribution is 9.10. The van der Waals surface area contributed by atoms with Crippen LogP contribution in [0.25, 0.3) is 0 Å². The van der Waals surface area contributed by atoms with Gasteiger partial charge < -0.3 is 9.64 Å². The predicted octanol–water partition coefficient (Wildman–Crippen LogP) is 4.52. The number of likely N-dealkylation sites (tertiary alicyclic amines) is 1. The van der Waals surface area contributed by atoms with Gasteiger partial charge in [-0.2, -0.15) is 0 Å². The Morgan fingerprint density at radius 1 is 1.42 bits per heavy atom. The Bertz CT molecular complexity index is 467. The number of hydrogen-bond donors (Lipinski definition) is 0. The highest BCUT2D eigenvalue weighted by Gasteiger charge is 2.33. The highest BCUT2D eigenvalue weighted by Crippen LogP contribution is 2.34. The van der Waals surface area contributed by atoms with Gasteiger partial charge in [-0.05, 0) is 51.3 Å². The minimum Gasteiger partial charge on any atom is -0.444 e. The number of amides is 1. The summed E-state index contributed by atoms with van der Waals surface area (Å²) in [6, 6.07) is 8.28. The van der Waals surface area contributed by atoms with E-state index in [1.807, 2.05) is 37.8 Å². The van der Waals surface area contributed by atoms with E-state index in [0.29, 0.717) is 0 Å². The molecule has 19 heavy (non-hydrogen) atoms. The van der Waals surface area contributed by atoms with Gasteiger partial charge in [-0.3, -0.25) is 0 Å². The maximum absolute atomic E-state index is 12.2. The van der Waals surface area contributed by atoms with Crippen molar-refractivity contribution in [1.82, 2.24) is 4.90 Å². The zero-order valence-electron chi connectivity index (χ0n) is 11.6.